The monoisotopic (exact) mass is 262 g/mol. The number of nitrogens with zero attached hydrogens (tertiary/aromatic N) is 1. The maximum Gasteiger partial charge on any atom is 0.482 e. The van der Waals surface area contributed by atoms with E-state index in [9.17, 15) is 13.2 Å². The molecule has 1 aromatic heterocycles. The first-order chi connectivity index (χ1) is 8.07. The maximum absolute atomic E-state index is 12.7. The van der Waals surface area contributed by atoms with Crippen molar-refractivity contribution in [3.8, 4) is 0 Å². The molecule has 0 unspecified atom stereocenters. The molecule has 0 N–H and O–H groups in total. The lowest BCUT2D eigenvalue weighted by Crippen LogP contribution is -2.47. The van der Waals surface area contributed by atoms with Crippen LogP contribution in [0.25, 0.3) is 0 Å². The minimum absolute atomic E-state index is 0.0225. The highest BCUT2D eigenvalue weighted by Crippen LogP contribution is 2.34. The molecule has 1 aromatic rings. The fourth-order valence-electron chi connectivity index (χ4n) is 1.62. The zero-order valence-corrected chi connectivity index (χ0v) is 11.3. The van der Waals surface area contributed by atoms with E-state index in [2.05, 4.69) is 0 Å². The van der Waals surface area contributed by atoms with Crippen LogP contribution >= 0.6 is 0 Å². The molecule has 1 heterocycles. The quantitative estimate of drug-likeness (QED) is 0.746. The molecular formula is C13H19F3NO+. The van der Waals surface area contributed by atoms with Crippen molar-refractivity contribution < 1.29 is 22.7 Å². The Morgan fingerprint density at radius 3 is 2.11 bits per heavy atom. The molecule has 0 aliphatic carbocycles. The summed E-state index contributed by atoms with van der Waals surface area (Å²) in [7, 11) is 1.22. The van der Waals surface area contributed by atoms with Crippen LogP contribution in [0.2, 0.25) is 0 Å². The molecule has 0 spiro atoms. The van der Waals surface area contributed by atoms with Gasteiger partial charge in [0, 0.05) is 16.4 Å². The van der Waals surface area contributed by atoms with E-state index < -0.39 is 11.9 Å². The van der Waals surface area contributed by atoms with E-state index in [4.69, 9.17) is 4.84 Å². The van der Waals surface area contributed by atoms with Crippen molar-refractivity contribution in [3.63, 3.8) is 0 Å². The summed E-state index contributed by atoms with van der Waals surface area (Å²) in [5.41, 5.74) is -0.0158. The van der Waals surface area contributed by atoms with Crippen LogP contribution in [-0.4, -0.2) is 7.11 Å². The zero-order valence-electron chi connectivity index (χ0n) is 11.3. The summed E-state index contributed by atoms with van der Waals surface area (Å²) in [6, 6.07) is 2.56. The van der Waals surface area contributed by atoms with E-state index in [0.717, 1.165) is 16.4 Å². The van der Waals surface area contributed by atoms with Gasteiger partial charge in [-0.05, 0) is 17.4 Å². The smallest absolute Gasteiger partial charge is 0.274 e. The van der Waals surface area contributed by atoms with Crippen molar-refractivity contribution in [1.82, 2.24) is 0 Å². The summed E-state index contributed by atoms with van der Waals surface area (Å²) < 4.78 is 38.9. The Morgan fingerprint density at radius 1 is 1.17 bits per heavy atom. The van der Waals surface area contributed by atoms with Crippen LogP contribution in [0.5, 0.6) is 0 Å². The van der Waals surface area contributed by atoms with Gasteiger partial charge in [0.05, 0.1) is 0 Å². The number of pyridine rings is 1. The van der Waals surface area contributed by atoms with Crippen LogP contribution in [0.3, 0.4) is 0 Å². The van der Waals surface area contributed by atoms with Crippen LogP contribution in [0, 0.1) is 5.41 Å². The number of hydrogen-bond acceptors (Lipinski definition) is 1. The number of rotatable bonds is 2. The molecule has 0 fully saturated rings. The molecule has 5 heteroatoms. The molecule has 0 saturated carbocycles. The van der Waals surface area contributed by atoms with Crippen molar-refractivity contribution in [2.45, 2.75) is 39.8 Å². The van der Waals surface area contributed by atoms with E-state index in [1.54, 1.807) is 0 Å². The first-order valence-corrected chi connectivity index (χ1v) is 5.74. The molecule has 18 heavy (non-hydrogen) atoms. The summed E-state index contributed by atoms with van der Waals surface area (Å²) in [6.45, 7) is 8.13. The van der Waals surface area contributed by atoms with E-state index in [1.807, 2.05) is 27.7 Å². The lowest BCUT2D eigenvalue weighted by Gasteiger charge is -2.26. The predicted octanol–water partition coefficient (Wildman–Crippen LogP) is 3.20. The van der Waals surface area contributed by atoms with E-state index in [0.29, 0.717) is 0 Å². The Labute approximate surface area is 105 Å². The van der Waals surface area contributed by atoms with E-state index in [1.165, 1.54) is 19.4 Å². The standard InChI is InChI=1S/C13H19F3NO/c1-9(12(2,3)4)10-6-7-11(13(14,15)16)17(8-10)18-5/h6-9H,1-5H3/q+1/t9-/m1/s1. The SMILES string of the molecule is CO[n+]1cc([C@@H](C)C(C)(C)C)ccc1C(F)(F)F. The van der Waals surface area contributed by atoms with Crippen LogP contribution in [-0.2, 0) is 6.18 Å². The average molecular weight is 262 g/mol. The third-order valence-electron chi connectivity index (χ3n) is 3.22. The molecule has 1 atom stereocenters. The third kappa shape index (κ3) is 3.15. The lowest BCUT2D eigenvalue weighted by atomic mass is 9.78. The van der Waals surface area contributed by atoms with Crippen LogP contribution in [0.4, 0.5) is 13.2 Å². The second-order valence-electron chi connectivity index (χ2n) is 5.44. The first-order valence-electron chi connectivity index (χ1n) is 5.74. The minimum atomic E-state index is -4.42. The van der Waals surface area contributed by atoms with E-state index >= 15 is 0 Å². The summed E-state index contributed by atoms with van der Waals surface area (Å²) >= 11 is 0. The van der Waals surface area contributed by atoms with Crippen molar-refractivity contribution in [2.24, 2.45) is 5.41 Å². The van der Waals surface area contributed by atoms with Gasteiger partial charge in [-0.25, -0.2) is 0 Å². The fourth-order valence-corrected chi connectivity index (χ4v) is 1.62. The molecular weight excluding hydrogens is 243 g/mol. The highest BCUT2D eigenvalue weighted by atomic mass is 19.4. The molecule has 0 saturated heterocycles. The van der Waals surface area contributed by atoms with Crippen LogP contribution < -0.4 is 9.57 Å². The molecule has 0 bridgehead atoms. The van der Waals surface area contributed by atoms with Gasteiger partial charge >= 0.3 is 11.9 Å². The Bertz CT molecular complexity index is 421. The van der Waals surface area contributed by atoms with Crippen molar-refractivity contribution >= 4 is 0 Å². The summed E-state index contributed by atoms with van der Waals surface area (Å²) in [5, 5.41) is 0. The highest BCUT2D eigenvalue weighted by molar-refractivity contribution is 5.17. The van der Waals surface area contributed by atoms with Gasteiger partial charge in [0.15, 0.2) is 0 Å². The van der Waals surface area contributed by atoms with Crippen molar-refractivity contribution in [2.75, 3.05) is 7.11 Å². The Hall–Kier alpha value is -1.26. The van der Waals surface area contributed by atoms with Gasteiger partial charge in [0.25, 0.3) is 0 Å². The van der Waals surface area contributed by atoms with Gasteiger partial charge in [-0.15, -0.1) is 0 Å². The summed E-state index contributed by atoms with van der Waals surface area (Å²) in [6.07, 6.45) is -3.02. The van der Waals surface area contributed by atoms with Crippen molar-refractivity contribution in [3.05, 3.63) is 29.6 Å². The molecule has 0 aromatic carbocycles. The van der Waals surface area contributed by atoms with Crippen LogP contribution in [0.1, 0.15) is 44.9 Å². The first kappa shape index (κ1) is 14.8. The van der Waals surface area contributed by atoms with Gasteiger partial charge in [-0.1, -0.05) is 27.7 Å². The number of alkyl halides is 3. The van der Waals surface area contributed by atoms with Gasteiger partial charge in [0.2, 0.25) is 6.20 Å². The van der Waals surface area contributed by atoms with Gasteiger partial charge in [0.1, 0.15) is 7.11 Å². The molecule has 0 amide bonds. The molecule has 1 rings (SSSR count). The number of halogens is 3. The summed E-state index contributed by atoms with van der Waals surface area (Å²) in [5.74, 6) is 0.126. The van der Waals surface area contributed by atoms with Crippen molar-refractivity contribution in [1.29, 1.82) is 0 Å². The largest absolute Gasteiger partial charge is 0.482 e. The average Bonchev–Trinajstić information content (AvgIpc) is 2.24. The second-order valence-corrected chi connectivity index (χ2v) is 5.44. The van der Waals surface area contributed by atoms with Gasteiger partial charge in [-0.2, -0.15) is 13.2 Å². The third-order valence-corrected chi connectivity index (χ3v) is 3.22. The van der Waals surface area contributed by atoms with E-state index in [-0.39, 0.29) is 11.3 Å². The lowest BCUT2D eigenvalue weighted by molar-refractivity contribution is -0.896. The minimum Gasteiger partial charge on any atom is -0.274 e. The number of aromatic nitrogens is 1. The molecule has 102 valence electrons. The maximum atomic E-state index is 12.7. The molecule has 0 radical (unpaired) electrons. The Kier molecular flexibility index (Phi) is 3.93. The highest BCUT2D eigenvalue weighted by Gasteiger charge is 2.43. The Morgan fingerprint density at radius 2 is 1.72 bits per heavy atom. The topological polar surface area (TPSA) is 13.1 Å². The zero-order chi connectivity index (χ0) is 14.1. The summed E-state index contributed by atoms with van der Waals surface area (Å²) in [4.78, 5) is 4.77. The van der Waals surface area contributed by atoms with Gasteiger partial charge < -0.3 is 0 Å². The normalized spacial score (nSPS) is 14.4. The predicted molar refractivity (Wildman–Crippen MR) is 62.0 cm³/mol. The fraction of sp³-hybridized carbons (Fsp3) is 0.615. The Balaban J connectivity index is 3.22. The second kappa shape index (κ2) is 4.78. The number of hydrogen-bond donors (Lipinski definition) is 0. The molecule has 0 aliphatic heterocycles. The molecule has 0 aliphatic rings. The molecule has 2 nitrogen and oxygen atoms in total. The van der Waals surface area contributed by atoms with Crippen LogP contribution in [0.15, 0.2) is 18.3 Å². The van der Waals surface area contributed by atoms with Gasteiger partial charge in [-0.3, -0.25) is 4.84 Å².